The van der Waals surface area contributed by atoms with E-state index in [1.165, 1.54) is 5.56 Å². The van der Waals surface area contributed by atoms with Gasteiger partial charge < -0.3 is 4.90 Å². The highest BCUT2D eigenvalue weighted by atomic mass is 35.5. The van der Waals surface area contributed by atoms with Gasteiger partial charge in [-0.25, -0.2) is 4.68 Å². The number of benzene rings is 4. The van der Waals surface area contributed by atoms with Gasteiger partial charge in [0, 0.05) is 47.4 Å². The van der Waals surface area contributed by atoms with Gasteiger partial charge in [0.05, 0.1) is 23.6 Å². The van der Waals surface area contributed by atoms with Crippen LogP contribution < -0.4 is 0 Å². The second-order valence-electron chi connectivity index (χ2n) is 9.78. The summed E-state index contributed by atoms with van der Waals surface area (Å²) in [6.07, 6.45) is 1.72. The largest absolute Gasteiger partial charge is 0.336 e. The molecule has 1 atom stereocenters. The molecule has 2 heterocycles. The molecule has 200 valence electrons. The summed E-state index contributed by atoms with van der Waals surface area (Å²) in [6.45, 7) is 2.82. The van der Waals surface area contributed by atoms with Gasteiger partial charge >= 0.3 is 0 Å². The van der Waals surface area contributed by atoms with Gasteiger partial charge in [0.1, 0.15) is 0 Å². The summed E-state index contributed by atoms with van der Waals surface area (Å²) in [5.41, 5.74) is 5.65. The molecule has 6 nitrogen and oxygen atoms in total. The number of hydrogen-bond acceptors (Lipinski definition) is 4. The zero-order valence-electron chi connectivity index (χ0n) is 21.7. The van der Waals surface area contributed by atoms with Gasteiger partial charge in [0.25, 0.3) is 5.91 Å². The highest BCUT2D eigenvalue weighted by Gasteiger charge is 2.28. The van der Waals surface area contributed by atoms with E-state index in [0.717, 1.165) is 40.6 Å². The van der Waals surface area contributed by atoms with Crippen molar-refractivity contribution in [3.63, 3.8) is 0 Å². The molecule has 40 heavy (non-hydrogen) atoms. The number of halogens is 2. The van der Waals surface area contributed by atoms with Gasteiger partial charge in [-0.3, -0.25) is 9.69 Å². The summed E-state index contributed by atoms with van der Waals surface area (Å²) >= 11 is 12.4. The smallest absolute Gasteiger partial charge is 0.253 e. The quantitative estimate of drug-likeness (QED) is 0.227. The maximum absolute atomic E-state index is 13.4. The predicted molar refractivity (Wildman–Crippen MR) is 159 cm³/mol. The van der Waals surface area contributed by atoms with Gasteiger partial charge in [-0.2, -0.15) is 0 Å². The minimum absolute atomic E-state index is 0.0294. The van der Waals surface area contributed by atoms with Gasteiger partial charge in [-0.15, -0.1) is 5.10 Å². The van der Waals surface area contributed by atoms with Crippen molar-refractivity contribution >= 4 is 29.1 Å². The predicted octanol–water partition coefficient (Wildman–Crippen LogP) is 6.79. The molecule has 0 aliphatic carbocycles. The van der Waals surface area contributed by atoms with E-state index in [1.54, 1.807) is 10.9 Å². The highest BCUT2D eigenvalue weighted by molar-refractivity contribution is 6.30. The van der Waals surface area contributed by atoms with Crippen molar-refractivity contribution < 1.29 is 4.79 Å². The van der Waals surface area contributed by atoms with Crippen LogP contribution in [-0.4, -0.2) is 56.9 Å². The normalized spacial score (nSPS) is 14.7. The lowest BCUT2D eigenvalue weighted by Gasteiger charge is -2.40. The van der Waals surface area contributed by atoms with Gasteiger partial charge in [0.2, 0.25) is 0 Å². The third-order valence-corrected chi connectivity index (χ3v) is 7.78. The molecule has 1 unspecified atom stereocenters. The van der Waals surface area contributed by atoms with E-state index < -0.39 is 0 Å². The molecular weight excluding hydrogens is 541 g/mol. The molecule has 0 radical (unpaired) electrons. The lowest BCUT2D eigenvalue weighted by molar-refractivity contribution is 0.0597. The fourth-order valence-corrected chi connectivity index (χ4v) is 5.61. The van der Waals surface area contributed by atoms with E-state index in [-0.39, 0.29) is 11.9 Å². The Kier molecular flexibility index (Phi) is 7.64. The minimum atomic E-state index is 0.0294. The molecule has 1 aliphatic heterocycles. The Balaban J connectivity index is 1.16. The Bertz CT molecular complexity index is 1590. The topological polar surface area (TPSA) is 54.3 Å². The molecular formula is C32H27Cl2N5O. The average molecular weight is 569 g/mol. The Morgan fingerprint density at radius 3 is 2.12 bits per heavy atom. The maximum atomic E-state index is 13.4. The van der Waals surface area contributed by atoms with E-state index in [9.17, 15) is 4.79 Å². The third kappa shape index (κ3) is 5.52. The molecule has 0 bridgehead atoms. The molecule has 1 saturated heterocycles. The molecule has 1 amide bonds. The average Bonchev–Trinajstić information content (AvgIpc) is 3.49. The van der Waals surface area contributed by atoms with Crippen molar-refractivity contribution in [2.45, 2.75) is 6.04 Å². The molecule has 0 spiro atoms. The van der Waals surface area contributed by atoms with Crippen molar-refractivity contribution in [2.75, 3.05) is 26.2 Å². The van der Waals surface area contributed by atoms with Crippen LogP contribution in [0.15, 0.2) is 109 Å². The van der Waals surface area contributed by atoms with Crippen LogP contribution in [0.1, 0.15) is 27.5 Å². The maximum Gasteiger partial charge on any atom is 0.253 e. The molecule has 0 saturated carbocycles. The van der Waals surface area contributed by atoms with Crippen molar-refractivity contribution in [1.82, 2.24) is 24.8 Å². The second kappa shape index (κ2) is 11.6. The molecule has 1 aliphatic rings. The first-order valence-corrected chi connectivity index (χ1v) is 13.9. The van der Waals surface area contributed by atoms with E-state index >= 15 is 0 Å². The van der Waals surface area contributed by atoms with Gasteiger partial charge in [-0.1, -0.05) is 83.0 Å². The summed E-state index contributed by atoms with van der Waals surface area (Å²) in [6, 6.07) is 33.7. The van der Waals surface area contributed by atoms with Crippen LogP contribution in [0.25, 0.3) is 16.9 Å². The first-order valence-electron chi connectivity index (χ1n) is 13.2. The molecule has 0 N–H and O–H groups in total. The summed E-state index contributed by atoms with van der Waals surface area (Å²) in [4.78, 5) is 17.8. The van der Waals surface area contributed by atoms with Crippen molar-refractivity contribution in [3.8, 4) is 16.9 Å². The van der Waals surface area contributed by atoms with Crippen LogP contribution in [0, 0.1) is 0 Å². The Morgan fingerprint density at radius 2 is 1.43 bits per heavy atom. The first-order chi connectivity index (χ1) is 19.6. The number of hydrogen-bond donors (Lipinski definition) is 0. The lowest BCUT2D eigenvalue weighted by Crippen LogP contribution is -2.49. The molecule has 1 fully saturated rings. The Hall–Kier alpha value is -3.97. The number of rotatable bonds is 6. The first kappa shape index (κ1) is 26.3. The van der Waals surface area contributed by atoms with E-state index in [1.807, 2.05) is 77.7 Å². The van der Waals surface area contributed by atoms with Gasteiger partial charge in [0.15, 0.2) is 0 Å². The molecule has 4 aromatic carbocycles. The summed E-state index contributed by atoms with van der Waals surface area (Å²) in [7, 11) is 0. The van der Waals surface area contributed by atoms with Crippen LogP contribution in [0.2, 0.25) is 10.0 Å². The SMILES string of the molecule is O=C(c1ccc(-n2nncc2-c2ccc(Cl)cc2)cc1)N1CCN(C(c2ccccc2)c2cccc(Cl)c2)CC1. The second-order valence-corrected chi connectivity index (χ2v) is 10.7. The van der Waals surface area contributed by atoms with Crippen molar-refractivity contribution in [3.05, 3.63) is 136 Å². The fourth-order valence-electron chi connectivity index (χ4n) is 5.28. The molecule has 6 rings (SSSR count). The Morgan fingerprint density at radius 1 is 0.725 bits per heavy atom. The number of amides is 1. The van der Waals surface area contributed by atoms with Crippen LogP contribution in [0.5, 0.6) is 0 Å². The standard InChI is InChI=1S/C32H27Cl2N5O/c33-27-13-9-23(10-14-27)30-22-35-36-39(30)29-15-11-25(12-16-29)32(40)38-19-17-37(18-20-38)31(24-5-2-1-3-6-24)26-7-4-8-28(34)21-26/h1-16,21-22,31H,17-20H2. The minimum Gasteiger partial charge on any atom is -0.336 e. The molecule has 5 aromatic rings. The van der Waals surface area contributed by atoms with Crippen LogP contribution in [0.3, 0.4) is 0 Å². The van der Waals surface area contributed by atoms with E-state index in [4.69, 9.17) is 23.2 Å². The summed E-state index contributed by atoms with van der Waals surface area (Å²) in [5, 5.41) is 9.74. The van der Waals surface area contributed by atoms with Crippen molar-refractivity contribution in [2.24, 2.45) is 0 Å². The summed E-state index contributed by atoms with van der Waals surface area (Å²) < 4.78 is 1.76. The fraction of sp³-hybridized carbons (Fsp3) is 0.156. The van der Waals surface area contributed by atoms with E-state index in [2.05, 4.69) is 45.5 Å². The number of piperazine rings is 1. The monoisotopic (exact) mass is 567 g/mol. The van der Waals surface area contributed by atoms with Crippen molar-refractivity contribution in [1.29, 1.82) is 0 Å². The molecule has 1 aromatic heterocycles. The van der Waals surface area contributed by atoms with Gasteiger partial charge in [-0.05, 0) is 59.7 Å². The number of carbonyl (C=O) groups excluding carboxylic acids is 1. The van der Waals surface area contributed by atoms with E-state index in [0.29, 0.717) is 23.7 Å². The summed E-state index contributed by atoms with van der Waals surface area (Å²) in [5.74, 6) is 0.0294. The number of aromatic nitrogens is 3. The number of nitrogens with zero attached hydrogens (tertiary/aromatic N) is 5. The molecule has 8 heteroatoms. The van der Waals surface area contributed by atoms with Crippen LogP contribution in [-0.2, 0) is 0 Å². The Labute approximate surface area is 243 Å². The van der Waals surface area contributed by atoms with Crippen LogP contribution in [0.4, 0.5) is 0 Å². The third-order valence-electron chi connectivity index (χ3n) is 7.29. The zero-order chi connectivity index (χ0) is 27.5. The zero-order valence-corrected chi connectivity index (χ0v) is 23.2. The lowest BCUT2D eigenvalue weighted by atomic mass is 9.96. The van der Waals surface area contributed by atoms with Crippen LogP contribution >= 0.6 is 23.2 Å². The number of carbonyl (C=O) groups is 1. The highest BCUT2D eigenvalue weighted by Crippen LogP contribution is 2.31.